The van der Waals surface area contributed by atoms with Crippen molar-refractivity contribution in [3.8, 4) is 5.75 Å². The molecule has 3 aromatic rings. The number of nitrogens with zero attached hydrogens (tertiary/aromatic N) is 1. The molecule has 120 valence electrons. The third-order valence-electron chi connectivity index (χ3n) is 3.94. The number of rotatable bonds is 7. The molecule has 0 aliphatic carbocycles. The molecule has 0 saturated carbocycles. The minimum Gasteiger partial charge on any atom is -0.494 e. The monoisotopic (exact) mass is 312 g/mol. The van der Waals surface area contributed by atoms with Gasteiger partial charge in [0, 0.05) is 16.3 Å². The quantitative estimate of drug-likeness (QED) is 0.635. The second-order valence-electron chi connectivity index (χ2n) is 5.66. The molecule has 0 unspecified atom stereocenters. The highest BCUT2D eigenvalue weighted by Crippen LogP contribution is 2.29. The van der Waals surface area contributed by atoms with E-state index in [2.05, 4.69) is 16.9 Å². The van der Waals surface area contributed by atoms with Gasteiger partial charge in [0.15, 0.2) is 0 Å². The second kappa shape index (κ2) is 6.69. The number of carboxylic acid groups (broad SMARTS) is 1. The zero-order valence-corrected chi connectivity index (χ0v) is 13.1. The fourth-order valence-corrected chi connectivity index (χ4v) is 2.70. The van der Waals surface area contributed by atoms with E-state index >= 15 is 0 Å². The summed E-state index contributed by atoms with van der Waals surface area (Å²) in [7, 11) is 0. The topological polar surface area (TPSA) is 75.2 Å². The van der Waals surface area contributed by atoms with Crippen molar-refractivity contribution < 1.29 is 14.6 Å². The molecule has 5 heteroatoms. The molecule has 2 heterocycles. The van der Waals surface area contributed by atoms with Gasteiger partial charge >= 0.3 is 5.97 Å². The third kappa shape index (κ3) is 3.28. The molecule has 1 aromatic carbocycles. The number of fused-ring (bicyclic) bond motifs is 3. The number of hydrogen-bond acceptors (Lipinski definition) is 3. The summed E-state index contributed by atoms with van der Waals surface area (Å²) in [6.07, 6.45) is 6.23. The number of aromatic carboxylic acids is 1. The van der Waals surface area contributed by atoms with Crippen LogP contribution in [0.15, 0.2) is 30.5 Å². The first-order valence-corrected chi connectivity index (χ1v) is 7.96. The zero-order valence-electron chi connectivity index (χ0n) is 13.1. The van der Waals surface area contributed by atoms with Crippen molar-refractivity contribution >= 4 is 27.8 Å². The summed E-state index contributed by atoms with van der Waals surface area (Å²) < 4.78 is 5.81. The second-order valence-corrected chi connectivity index (χ2v) is 5.66. The molecular weight excluding hydrogens is 292 g/mol. The number of H-pyrrole nitrogens is 1. The van der Waals surface area contributed by atoms with Crippen LogP contribution in [0.1, 0.15) is 43.1 Å². The van der Waals surface area contributed by atoms with Crippen LogP contribution in [0.3, 0.4) is 0 Å². The molecule has 0 aliphatic heterocycles. The molecule has 0 radical (unpaired) electrons. The molecule has 2 N–H and O–H groups in total. The Morgan fingerprint density at radius 3 is 2.78 bits per heavy atom. The molecular formula is C18H20N2O3. The first-order valence-electron chi connectivity index (χ1n) is 7.96. The van der Waals surface area contributed by atoms with Crippen molar-refractivity contribution in [1.82, 2.24) is 9.97 Å². The predicted octanol–water partition coefficient (Wildman–Crippen LogP) is 4.37. The predicted molar refractivity (Wildman–Crippen MR) is 90.2 cm³/mol. The lowest BCUT2D eigenvalue weighted by Crippen LogP contribution is -1.98. The summed E-state index contributed by atoms with van der Waals surface area (Å²) in [4.78, 5) is 18.3. The highest BCUT2D eigenvalue weighted by molar-refractivity contribution is 6.08. The third-order valence-corrected chi connectivity index (χ3v) is 3.94. The van der Waals surface area contributed by atoms with Crippen molar-refractivity contribution in [2.45, 2.75) is 32.6 Å². The highest BCUT2D eigenvalue weighted by Gasteiger charge is 2.10. The van der Waals surface area contributed by atoms with E-state index in [4.69, 9.17) is 9.84 Å². The summed E-state index contributed by atoms with van der Waals surface area (Å²) >= 11 is 0. The lowest BCUT2D eigenvalue weighted by atomic mass is 10.1. The Hall–Kier alpha value is -2.56. The molecule has 0 atom stereocenters. The molecule has 23 heavy (non-hydrogen) atoms. The Kier molecular flexibility index (Phi) is 4.46. The van der Waals surface area contributed by atoms with Gasteiger partial charge in [-0.1, -0.05) is 26.2 Å². The SMILES string of the molecule is CCCCCCOc1ccc2[nH]c3cnc(C(=O)O)cc3c2c1. The number of nitrogens with one attached hydrogen (secondary N) is 1. The van der Waals surface area contributed by atoms with Crippen LogP contribution in [0.5, 0.6) is 5.75 Å². The van der Waals surface area contributed by atoms with Gasteiger partial charge < -0.3 is 14.8 Å². The van der Waals surface area contributed by atoms with E-state index in [-0.39, 0.29) is 5.69 Å². The summed E-state index contributed by atoms with van der Waals surface area (Å²) in [5.41, 5.74) is 1.82. The van der Waals surface area contributed by atoms with Crippen LogP contribution in [0.25, 0.3) is 21.8 Å². The van der Waals surface area contributed by atoms with E-state index in [1.165, 1.54) is 19.3 Å². The van der Waals surface area contributed by atoms with Gasteiger partial charge in [-0.15, -0.1) is 0 Å². The maximum absolute atomic E-state index is 11.1. The van der Waals surface area contributed by atoms with Crippen LogP contribution < -0.4 is 4.74 Å². The van der Waals surface area contributed by atoms with Crippen LogP contribution in [0, 0.1) is 0 Å². The molecule has 5 nitrogen and oxygen atoms in total. The van der Waals surface area contributed by atoms with Gasteiger partial charge in [-0.05, 0) is 30.7 Å². The van der Waals surface area contributed by atoms with Gasteiger partial charge in [0.1, 0.15) is 11.4 Å². The first kappa shape index (κ1) is 15.3. The van der Waals surface area contributed by atoms with E-state index in [0.717, 1.165) is 34.0 Å². The molecule has 2 aromatic heterocycles. The van der Waals surface area contributed by atoms with Gasteiger partial charge in [0.2, 0.25) is 0 Å². The fraction of sp³-hybridized carbons (Fsp3) is 0.333. The minimum absolute atomic E-state index is 0.0456. The number of carboxylic acids is 1. The number of unbranched alkanes of at least 4 members (excludes halogenated alkanes) is 3. The van der Waals surface area contributed by atoms with Crippen LogP contribution >= 0.6 is 0 Å². The van der Waals surface area contributed by atoms with Crippen LogP contribution in [-0.2, 0) is 0 Å². The van der Waals surface area contributed by atoms with E-state index in [1.807, 2.05) is 18.2 Å². The number of hydrogen-bond donors (Lipinski definition) is 2. The van der Waals surface area contributed by atoms with Gasteiger partial charge in [-0.2, -0.15) is 0 Å². The summed E-state index contributed by atoms with van der Waals surface area (Å²) in [6.45, 7) is 2.89. The van der Waals surface area contributed by atoms with Gasteiger partial charge in [0.05, 0.1) is 18.3 Å². The fourth-order valence-electron chi connectivity index (χ4n) is 2.70. The lowest BCUT2D eigenvalue weighted by molar-refractivity contribution is 0.0690. The number of benzene rings is 1. The van der Waals surface area contributed by atoms with Crippen molar-refractivity contribution in [3.05, 3.63) is 36.2 Å². The van der Waals surface area contributed by atoms with Crippen LogP contribution in [0.2, 0.25) is 0 Å². The van der Waals surface area contributed by atoms with Crippen LogP contribution in [-0.4, -0.2) is 27.7 Å². The molecule has 0 saturated heterocycles. The Bertz CT molecular complexity index is 839. The van der Waals surface area contributed by atoms with Crippen LogP contribution in [0.4, 0.5) is 0 Å². The molecule has 0 aliphatic rings. The smallest absolute Gasteiger partial charge is 0.354 e. The van der Waals surface area contributed by atoms with Crippen molar-refractivity contribution in [3.63, 3.8) is 0 Å². The Morgan fingerprint density at radius 2 is 2.00 bits per heavy atom. The maximum atomic E-state index is 11.1. The van der Waals surface area contributed by atoms with E-state index in [9.17, 15) is 4.79 Å². The van der Waals surface area contributed by atoms with Gasteiger partial charge in [-0.3, -0.25) is 0 Å². The van der Waals surface area contributed by atoms with Gasteiger partial charge in [0.25, 0.3) is 0 Å². The molecule has 3 rings (SSSR count). The van der Waals surface area contributed by atoms with Crippen molar-refractivity contribution in [2.75, 3.05) is 6.61 Å². The number of aromatic nitrogens is 2. The molecule has 0 fully saturated rings. The van der Waals surface area contributed by atoms with Crippen molar-refractivity contribution in [1.29, 1.82) is 0 Å². The number of ether oxygens (including phenoxy) is 1. The average molecular weight is 312 g/mol. The molecule has 0 spiro atoms. The maximum Gasteiger partial charge on any atom is 0.354 e. The Morgan fingerprint density at radius 1 is 1.17 bits per heavy atom. The lowest BCUT2D eigenvalue weighted by Gasteiger charge is -2.06. The van der Waals surface area contributed by atoms with E-state index < -0.39 is 5.97 Å². The van der Waals surface area contributed by atoms with Gasteiger partial charge in [-0.25, -0.2) is 9.78 Å². The standard InChI is InChI=1S/C18H20N2O3/c1-2-3-4-5-8-23-12-6-7-15-13(9-12)14-10-16(18(21)22)19-11-17(14)20-15/h6-7,9-11,20H,2-5,8H2,1H3,(H,21,22). The Balaban J connectivity index is 1.86. The highest BCUT2D eigenvalue weighted by atomic mass is 16.5. The zero-order chi connectivity index (χ0) is 16.2. The van der Waals surface area contributed by atoms with E-state index in [0.29, 0.717) is 6.61 Å². The van der Waals surface area contributed by atoms with E-state index in [1.54, 1.807) is 12.3 Å². The number of aromatic amines is 1. The Labute approximate surface area is 134 Å². The average Bonchev–Trinajstić information content (AvgIpc) is 2.91. The number of carbonyl (C=O) groups is 1. The summed E-state index contributed by atoms with van der Waals surface area (Å²) in [5.74, 6) is -0.215. The first-order chi connectivity index (χ1) is 11.2. The van der Waals surface area contributed by atoms with Crippen molar-refractivity contribution in [2.24, 2.45) is 0 Å². The largest absolute Gasteiger partial charge is 0.494 e. The minimum atomic E-state index is -1.02. The number of pyridine rings is 1. The normalized spacial score (nSPS) is 11.2. The summed E-state index contributed by atoms with van der Waals surface area (Å²) in [5, 5.41) is 10.9. The molecule has 0 amide bonds. The molecule has 0 bridgehead atoms. The summed E-state index contributed by atoms with van der Waals surface area (Å²) in [6, 6.07) is 7.45.